The van der Waals surface area contributed by atoms with Crippen LogP contribution in [0.15, 0.2) is 41.3 Å². The summed E-state index contributed by atoms with van der Waals surface area (Å²) in [5.74, 6) is -0.552. The van der Waals surface area contributed by atoms with Gasteiger partial charge in [0.2, 0.25) is 10.0 Å². The average Bonchev–Trinajstić information content (AvgIpc) is 2.51. The number of rotatable bonds is 6. The molecule has 0 bridgehead atoms. The molecule has 2 rings (SSSR count). The van der Waals surface area contributed by atoms with E-state index in [1.165, 1.54) is 44.4 Å². The van der Waals surface area contributed by atoms with Gasteiger partial charge in [-0.3, -0.25) is 4.79 Å². The maximum Gasteiger partial charge on any atom is 0.307 e. The van der Waals surface area contributed by atoms with Gasteiger partial charge in [-0.1, -0.05) is 29.3 Å². The summed E-state index contributed by atoms with van der Waals surface area (Å²) in [5, 5.41) is 9.22. The van der Waals surface area contributed by atoms with Gasteiger partial charge in [-0.25, -0.2) is 12.7 Å². The molecule has 25 heavy (non-hydrogen) atoms. The van der Waals surface area contributed by atoms with E-state index in [1.807, 2.05) is 0 Å². The molecule has 0 amide bonds. The fraction of sp³-hybridized carbons (Fsp3) is 0.188. The lowest BCUT2D eigenvalue weighted by Gasteiger charge is -2.14. The summed E-state index contributed by atoms with van der Waals surface area (Å²) in [6.45, 7) is 0. The second kappa shape index (κ2) is 7.61. The van der Waals surface area contributed by atoms with Crippen molar-refractivity contribution in [2.24, 2.45) is 0 Å². The minimum absolute atomic E-state index is 0.0283. The van der Waals surface area contributed by atoms with E-state index in [2.05, 4.69) is 0 Å². The summed E-state index contributed by atoms with van der Waals surface area (Å²) in [6.07, 6.45) is -0.179. The molecular formula is C16H15Cl2NO5S. The molecule has 9 heteroatoms. The number of nitrogens with zero attached hydrogens (tertiary/aromatic N) is 1. The Kier molecular flexibility index (Phi) is 5.95. The number of hydrogen-bond acceptors (Lipinski definition) is 4. The van der Waals surface area contributed by atoms with Crippen LogP contribution in [0.5, 0.6) is 11.5 Å². The number of hydrogen-bond donors (Lipinski definition) is 1. The number of sulfonamides is 1. The molecule has 0 saturated heterocycles. The zero-order chi connectivity index (χ0) is 18.8. The predicted octanol–water partition coefficient (Wildman–Crippen LogP) is 3.66. The molecule has 2 aromatic carbocycles. The Morgan fingerprint density at radius 1 is 1.08 bits per heavy atom. The molecule has 0 heterocycles. The van der Waals surface area contributed by atoms with E-state index in [4.69, 9.17) is 33.0 Å². The minimum Gasteiger partial charge on any atom is -0.481 e. The topological polar surface area (TPSA) is 83.9 Å². The highest BCUT2D eigenvalue weighted by Gasteiger charge is 2.19. The fourth-order valence-corrected chi connectivity index (χ4v) is 3.33. The van der Waals surface area contributed by atoms with Crippen LogP contribution < -0.4 is 4.74 Å². The van der Waals surface area contributed by atoms with Crippen LogP contribution in [-0.4, -0.2) is 37.9 Å². The number of carboxylic acid groups (broad SMARTS) is 1. The minimum atomic E-state index is -3.62. The van der Waals surface area contributed by atoms with Crippen molar-refractivity contribution in [1.82, 2.24) is 4.31 Å². The smallest absolute Gasteiger partial charge is 0.307 e. The molecule has 0 radical (unpaired) electrons. The Balaban J connectivity index is 2.34. The Morgan fingerprint density at radius 3 is 2.32 bits per heavy atom. The van der Waals surface area contributed by atoms with E-state index < -0.39 is 16.0 Å². The van der Waals surface area contributed by atoms with Gasteiger partial charge in [0.15, 0.2) is 0 Å². The van der Waals surface area contributed by atoms with Crippen LogP contribution in [0, 0.1) is 0 Å². The highest BCUT2D eigenvalue weighted by molar-refractivity contribution is 7.89. The van der Waals surface area contributed by atoms with Crippen molar-refractivity contribution in [2.45, 2.75) is 11.3 Å². The van der Waals surface area contributed by atoms with Crippen molar-refractivity contribution in [3.63, 3.8) is 0 Å². The number of carbonyl (C=O) groups is 1. The lowest BCUT2D eigenvalue weighted by molar-refractivity contribution is -0.136. The third kappa shape index (κ3) is 4.64. The van der Waals surface area contributed by atoms with Gasteiger partial charge < -0.3 is 9.84 Å². The Morgan fingerprint density at radius 2 is 1.76 bits per heavy atom. The second-order valence-corrected chi connectivity index (χ2v) is 8.28. The molecular weight excluding hydrogens is 389 g/mol. The Bertz CT molecular complexity index is 913. The van der Waals surface area contributed by atoms with Crippen molar-refractivity contribution in [2.75, 3.05) is 14.1 Å². The van der Waals surface area contributed by atoms with E-state index in [1.54, 1.807) is 6.07 Å². The predicted molar refractivity (Wildman–Crippen MR) is 95.2 cm³/mol. The van der Waals surface area contributed by atoms with E-state index in [9.17, 15) is 13.2 Å². The fourth-order valence-electron chi connectivity index (χ4n) is 1.96. The number of benzene rings is 2. The normalized spacial score (nSPS) is 11.6. The molecule has 0 aliphatic rings. The van der Waals surface area contributed by atoms with Crippen molar-refractivity contribution in [3.05, 3.63) is 52.0 Å². The van der Waals surface area contributed by atoms with Crippen LogP contribution in [0.25, 0.3) is 0 Å². The molecule has 0 aliphatic carbocycles. The van der Waals surface area contributed by atoms with Gasteiger partial charge in [0.1, 0.15) is 11.5 Å². The standard InChI is InChI=1S/C16H15Cl2NO5S/c1-19(2)25(22,23)11-4-6-14(13(18)9-11)24-15-7-10(8-16(20)21)3-5-12(15)17/h3-7,9H,8H2,1-2H3,(H,20,21). The van der Waals surface area contributed by atoms with E-state index in [0.717, 1.165) is 4.31 Å². The van der Waals surface area contributed by atoms with Crippen LogP contribution in [-0.2, 0) is 21.2 Å². The van der Waals surface area contributed by atoms with Crippen LogP contribution in [0.1, 0.15) is 5.56 Å². The summed E-state index contributed by atoms with van der Waals surface area (Å²) < 4.78 is 30.9. The monoisotopic (exact) mass is 403 g/mol. The summed E-state index contributed by atoms with van der Waals surface area (Å²) in [7, 11) is -0.779. The number of carboxylic acids is 1. The molecule has 0 spiro atoms. The first-order valence-corrected chi connectivity index (χ1v) is 9.21. The third-order valence-electron chi connectivity index (χ3n) is 3.25. The maximum absolute atomic E-state index is 12.1. The molecule has 0 saturated carbocycles. The number of ether oxygens (including phenoxy) is 1. The third-order valence-corrected chi connectivity index (χ3v) is 5.67. The Hall–Kier alpha value is -1.80. The van der Waals surface area contributed by atoms with Crippen molar-refractivity contribution >= 4 is 39.2 Å². The number of aliphatic carboxylic acids is 1. The molecule has 1 N–H and O–H groups in total. The first-order chi connectivity index (χ1) is 11.6. The molecule has 6 nitrogen and oxygen atoms in total. The molecule has 134 valence electrons. The van der Waals surface area contributed by atoms with Crippen LogP contribution in [0.4, 0.5) is 0 Å². The van der Waals surface area contributed by atoms with Gasteiger partial charge in [-0.15, -0.1) is 0 Å². The summed E-state index contributed by atoms with van der Waals surface area (Å²) >= 11 is 12.2. The number of halogens is 2. The van der Waals surface area contributed by atoms with Gasteiger partial charge in [0, 0.05) is 14.1 Å². The summed E-state index contributed by atoms with van der Waals surface area (Å²) in [5.41, 5.74) is 0.509. The SMILES string of the molecule is CN(C)S(=O)(=O)c1ccc(Oc2cc(CC(=O)O)ccc2Cl)c(Cl)c1. The lowest BCUT2D eigenvalue weighted by Crippen LogP contribution is -2.22. The average molecular weight is 404 g/mol. The molecule has 0 atom stereocenters. The van der Waals surface area contributed by atoms with Crippen LogP contribution in [0.3, 0.4) is 0 Å². The van der Waals surface area contributed by atoms with E-state index in [-0.39, 0.29) is 32.9 Å². The van der Waals surface area contributed by atoms with Crippen LogP contribution in [0.2, 0.25) is 10.0 Å². The van der Waals surface area contributed by atoms with Crippen molar-refractivity contribution in [1.29, 1.82) is 0 Å². The summed E-state index contributed by atoms with van der Waals surface area (Å²) in [4.78, 5) is 10.8. The largest absolute Gasteiger partial charge is 0.481 e. The first-order valence-electron chi connectivity index (χ1n) is 7.01. The van der Waals surface area contributed by atoms with E-state index >= 15 is 0 Å². The quantitative estimate of drug-likeness (QED) is 0.795. The molecule has 0 aromatic heterocycles. The molecule has 2 aromatic rings. The zero-order valence-corrected chi connectivity index (χ0v) is 15.7. The first kappa shape index (κ1) is 19.5. The van der Waals surface area contributed by atoms with Gasteiger partial charge in [-0.05, 0) is 35.9 Å². The van der Waals surface area contributed by atoms with Crippen molar-refractivity contribution in [3.8, 4) is 11.5 Å². The van der Waals surface area contributed by atoms with E-state index in [0.29, 0.717) is 5.56 Å². The van der Waals surface area contributed by atoms with Crippen LogP contribution >= 0.6 is 23.2 Å². The summed E-state index contributed by atoms with van der Waals surface area (Å²) in [6, 6.07) is 8.66. The maximum atomic E-state index is 12.1. The lowest BCUT2D eigenvalue weighted by atomic mass is 10.1. The highest BCUT2D eigenvalue weighted by atomic mass is 35.5. The van der Waals surface area contributed by atoms with Gasteiger partial charge in [-0.2, -0.15) is 0 Å². The zero-order valence-electron chi connectivity index (χ0n) is 13.4. The van der Waals surface area contributed by atoms with Gasteiger partial charge in [0.25, 0.3) is 0 Å². The highest BCUT2D eigenvalue weighted by Crippen LogP contribution is 2.35. The molecule has 0 aliphatic heterocycles. The second-order valence-electron chi connectivity index (χ2n) is 5.32. The Labute approximate surface area is 155 Å². The van der Waals surface area contributed by atoms with Gasteiger partial charge >= 0.3 is 5.97 Å². The van der Waals surface area contributed by atoms with Crippen molar-refractivity contribution < 1.29 is 23.1 Å². The molecule has 0 fully saturated rings. The molecule has 0 unspecified atom stereocenters. The van der Waals surface area contributed by atoms with Gasteiger partial charge in [0.05, 0.1) is 21.4 Å².